The number of rotatable bonds is 6. The lowest BCUT2D eigenvalue weighted by Crippen LogP contribution is -2.11. The van der Waals surface area contributed by atoms with Crippen LogP contribution in [0.1, 0.15) is 28.6 Å². The molecule has 0 saturated carbocycles. The largest absolute Gasteiger partial charge is 0.384 e. The zero-order valence-electron chi connectivity index (χ0n) is 14.4. The average Bonchev–Trinajstić information content (AvgIpc) is 3.13. The van der Waals surface area contributed by atoms with E-state index >= 15 is 0 Å². The molecule has 26 heavy (non-hydrogen) atoms. The first-order valence-corrected chi connectivity index (χ1v) is 7.94. The van der Waals surface area contributed by atoms with Gasteiger partial charge in [-0.3, -0.25) is 10.8 Å². The number of benzene rings is 1. The summed E-state index contributed by atoms with van der Waals surface area (Å²) in [7, 11) is 0. The number of fused-ring (bicyclic) bond motifs is 1. The number of imidazole rings is 2. The number of nitrogens with two attached hydrogens (primary N) is 2. The quantitative estimate of drug-likeness (QED) is 0.229. The zero-order chi connectivity index (χ0) is 18.8. The van der Waals surface area contributed by atoms with Crippen LogP contribution in [0.5, 0.6) is 0 Å². The van der Waals surface area contributed by atoms with Gasteiger partial charge in [-0.15, -0.1) is 0 Å². The van der Waals surface area contributed by atoms with Crippen molar-refractivity contribution in [3.8, 4) is 0 Å². The van der Waals surface area contributed by atoms with Crippen LogP contribution >= 0.6 is 0 Å². The van der Waals surface area contributed by atoms with Crippen LogP contribution in [0.4, 0.5) is 0 Å². The molecule has 0 amide bonds. The van der Waals surface area contributed by atoms with E-state index in [1.54, 1.807) is 18.2 Å². The predicted molar refractivity (Wildman–Crippen MR) is 103 cm³/mol. The average molecular weight is 348 g/mol. The fourth-order valence-corrected chi connectivity index (χ4v) is 2.63. The van der Waals surface area contributed by atoms with Crippen LogP contribution in [0, 0.1) is 17.7 Å². The molecule has 3 aromatic rings. The molecule has 0 atom stereocenters. The minimum absolute atomic E-state index is 0.0182. The molecule has 132 valence electrons. The Balaban J connectivity index is 1.89. The molecule has 8 N–H and O–H groups in total. The molecule has 0 unspecified atom stereocenters. The minimum atomic E-state index is -0.0532. The molecule has 0 saturated heterocycles. The van der Waals surface area contributed by atoms with Crippen molar-refractivity contribution in [3.63, 3.8) is 0 Å². The van der Waals surface area contributed by atoms with Gasteiger partial charge in [0.05, 0.1) is 23.1 Å². The molecule has 0 radical (unpaired) electrons. The van der Waals surface area contributed by atoms with Crippen molar-refractivity contribution in [3.05, 3.63) is 65.0 Å². The summed E-state index contributed by atoms with van der Waals surface area (Å²) in [6.07, 6.45) is 3.74. The van der Waals surface area contributed by atoms with Crippen molar-refractivity contribution < 1.29 is 0 Å². The van der Waals surface area contributed by atoms with Gasteiger partial charge in [0.1, 0.15) is 23.3 Å². The molecule has 0 spiro atoms. The summed E-state index contributed by atoms with van der Waals surface area (Å²) in [5.41, 5.74) is 15.4. The van der Waals surface area contributed by atoms with E-state index in [9.17, 15) is 0 Å². The van der Waals surface area contributed by atoms with E-state index in [0.717, 1.165) is 28.4 Å². The van der Waals surface area contributed by atoms with Crippen molar-refractivity contribution in [2.24, 2.45) is 11.5 Å². The SMILES string of the molecule is C=C/C(=C\c1nc(Cc2nc3ccc(C(=N)N)cc3[nH]2)[nH]c1C)C(=N)N. The number of aromatic amines is 2. The topological polar surface area (TPSA) is 157 Å². The van der Waals surface area contributed by atoms with Crippen LogP contribution in [0.3, 0.4) is 0 Å². The molecule has 0 aliphatic heterocycles. The number of nitrogens with zero attached hydrogens (tertiary/aromatic N) is 2. The van der Waals surface area contributed by atoms with Gasteiger partial charge in [0.2, 0.25) is 0 Å². The van der Waals surface area contributed by atoms with E-state index in [1.807, 2.05) is 13.0 Å². The van der Waals surface area contributed by atoms with Gasteiger partial charge in [-0.2, -0.15) is 0 Å². The maximum absolute atomic E-state index is 7.53. The second-order valence-electron chi connectivity index (χ2n) is 5.92. The summed E-state index contributed by atoms with van der Waals surface area (Å²) in [6.45, 7) is 5.56. The van der Waals surface area contributed by atoms with Gasteiger partial charge >= 0.3 is 0 Å². The van der Waals surface area contributed by atoms with Gasteiger partial charge in [0.15, 0.2) is 0 Å². The fraction of sp³-hybridized carbons (Fsp3) is 0.111. The second kappa shape index (κ2) is 6.67. The van der Waals surface area contributed by atoms with Crippen molar-refractivity contribution in [1.82, 2.24) is 19.9 Å². The first kappa shape index (κ1) is 17.2. The molecule has 0 bridgehead atoms. The third-order valence-electron chi connectivity index (χ3n) is 3.97. The van der Waals surface area contributed by atoms with E-state index in [0.29, 0.717) is 23.3 Å². The standard InChI is InChI=1S/C18H20N8/c1-3-10(17(19)20)6-13-9(2)23-15(25-13)8-16-24-12-5-4-11(18(21)22)7-14(12)26-16/h3-7H,1,8H2,2H3,(H3,19,20)(H3,21,22)(H,23,25)(H,24,26)/b10-6+. The van der Waals surface area contributed by atoms with Gasteiger partial charge < -0.3 is 21.4 Å². The predicted octanol–water partition coefficient (Wildman–Crippen LogP) is 1.97. The number of hydrogen-bond donors (Lipinski definition) is 6. The Labute approximate surface area is 150 Å². The lowest BCUT2D eigenvalue weighted by atomic mass is 10.2. The Morgan fingerprint density at radius 2 is 1.92 bits per heavy atom. The van der Waals surface area contributed by atoms with E-state index in [-0.39, 0.29) is 11.7 Å². The molecule has 8 heteroatoms. The van der Waals surface area contributed by atoms with Crippen LogP contribution < -0.4 is 11.5 Å². The van der Waals surface area contributed by atoms with Crippen LogP contribution in [-0.4, -0.2) is 31.6 Å². The maximum atomic E-state index is 7.53. The van der Waals surface area contributed by atoms with Gasteiger partial charge in [0.25, 0.3) is 0 Å². The number of amidine groups is 2. The summed E-state index contributed by atoms with van der Waals surface area (Å²) in [5.74, 6) is 1.46. The molecule has 0 aliphatic rings. The third-order valence-corrected chi connectivity index (χ3v) is 3.97. The van der Waals surface area contributed by atoms with Gasteiger partial charge in [0, 0.05) is 16.8 Å². The van der Waals surface area contributed by atoms with Crippen molar-refractivity contribution in [2.45, 2.75) is 13.3 Å². The summed E-state index contributed by atoms with van der Waals surface area (Å²) < 4.78 is 0. The molecular weight excluding hydrogens is 328 g/mol. The Bertz CT molecular complexity index is 1050. The van der Waals surface area contributed by atoms with Crippen LogP contribution in [0.15, 0.2) is 36.4 Å². The molecule has 2 aromatic heterocycles. The molecule has 8 nitrogen and oxygen atoms in total. The Hall–Kier alpha value is -3.68. The zero-order valence-corrected chi connectivity index (χ0v) is 14.4. The van der Waals surface area contributed by atoms with Crippen LogP contribution in [0.25, 0.3) is 17.1 Å². The lowest BCUT2D eigenvalue weighted by molar-refractivity contribution is 0.947. The molecular formula is C18H20N8. The van der Waals surface area contributed by atoms with Gasteiger partial charge in [-0.25, -0.2) is 9.97 Å². The monoisotopic (exact) mass is 348 g/mol. The molecule has 3 rings (SSSR count). The highest BCUT2D eigenvalue weighted by Crippen LogP contribution is 2.17. The number of nitrogen functional groups attached to an aromatic ring is 1. The highest BCUT2D eigenvalue weighted by Gasteiger charge is 2.10. The fourth-order valence-electron chi connectivity index (χ4n) is 2.63. The first-order valence-electron chi connectivity index (χ1n) is 7.94. The summed E-state index contributed by atoms with van der Waals surface area (Å²) in [6, 6.07) is 5.41. The van der Waals surface area contributed by atoms with Gasteiger partial charge in [-0.1, -0.05) is 12.7 Å². The van der Waals surface area contributed by atoms with Crippen LogP contribution in [0.2, 0.25) is 0 Å². The number of aryl methyl sites for hydroxylation is 1. The first-order chi connectivity index (χ1) is 12.4. The summed E-state index contributed by atoms with van der Waals surface area (Å²) in [4.78, 5) is 15.5. The molecule has 0 aliphatic carbocycles. The Kier molecular flexibility index (Phi) is 4.40. The minimum Gasteiger partial charge on any atom is -0.384 e. The van der Waals surface area contributed by atoms with Crippen molar-refractivity contribution >= 4 is 28.8 Å². The number of nitrogens with one attached hydrogen (secondary N) is 4. The highest BCUT2D eigenvalue weighted by atomic mass is 15.0. The molecule has 0 fully saturated rings. The molecule has 2 heterocycles. The highest BCUT2D eigenvalue weighted by molar-refractivity contribution is 6.01. The lowest BCUT2D eigenvalue weighted by Gasteiger charge is -1.97. The summed E-state index contributed by atoms with van der Waals surface area (Å²) in [5, 5.41) is 15.0. The smallest absolute Gasteiger partial charge is 0.122 e. The number of hydrogen-bond acceptors (Lipinski definition) is 4. The van der Waals surface area contributed by atoms with Crippen molar-refractivity contribution in [1.29, 1.82) is 10.8 Å². The maximum Gasteiger partial charge on any atom is 0.122 e. The second-order valence-corrected chi connectivity index (χ2v) is 5.92. The Morgan fingerprint density at radius 3 is 2.58 bits per heavy atom. The Morgan fingerprint density at radius 1 is 1.19 bits per heavy atom. The van der Waals surface area contributed by atoms with E-state index in [4.69, 9.17) is 22.3 Å². The van der Waals surface area contributed by atoms with Crippen LogP contribution in [-0.2, 0) is 6.42 Å². The number of H-pyrrole nitrogens is 2. The normalized spacial score (nSPS) is 11.7. The van der Waals surface area contributed by atoms with Gasteiger partial charge in [-0.05, 0) is 31.2 Å². The number of aromatic nitrogens is 4. The summed E-state index contributed by atoms with van der Waals surface area (Å²) >= 11 is 0. The van der Waals surface area contributed by atoms with E-state index in [2.05, 4.69) is 26.5 Å². The third kappa shape index (κ3) is 3.39. The van der Waals surface area contributed by atoms with E-state index < -0.39 is 0 Å². The van der Waals surface area contributed by atoms with E-state index in [1.165, 1.54) is 6.08 Å². The van der Waals surface area contributed by atoms with Crippen molar-refractivity contribution in [2.75, 3.05) is 0 Å². The molecule has 1 aromatic carbocycles.